The van der Waals surface area contributed by atoms with Crippen LogP contribution in [0.5, 0.6) is 0 Å². The zero-order chi connectivity index (χ0) is 36.7. The monoisotopic (exact) mass is 700 g/mol. The molecule has 0 saturated heterocycles. The molecule has 0 aromatic rings. The molecule has 1 rings (SSSR count). The number of ether oxygens (including phenoxy) is 5. The molecule has 0 amide bonds. The Balaban J connectivity index is 4.16. The Labute approximate surface area is 254 Å². The van der Waals surface area contributed by atoms with Gasteiger partial charge in [0.25, 0.3) is 0 Å². The number of hydrogen-bond donors (Lipinski definition) is 0. The number of hydrogen-bond acceptors (Lipinski definition) is 8. The molecule has 0 radical (unpaired) electrons. The van der Waals surface area contributed by atoms with Crippen LogP contribution in [0.15, 0.2) is 12.2 Å². The molecule has 1 saturated carbocycles. The first-order valence-corrected chi connectivity index (χ1v) is 13.1. The summed E-state index contributed by atoms with van der Waals surface area (Å²) in [5.41, 5.74) is -15.8. The Bertz CT molecular complexity index is 1040. The van der Waals surface area contributed by atoms with E-state index in [0.717, 1.165) is 48.5 Å². The lowest BCUT2D eigenvalue weighted by molar-refractivity contribution is -0.405. The van der Waals surface area contributed by atoms with Gasteiger partial charge >= 0.3 is 54.2 Å². The van der Waals surface area contributed by atoms with E-state index in [2.05, 4.69) is 30.3 Å². The maximum absolute atomic E-state index is 14.5. The van der Waals surface area contributed by atoms with Gasteiger partial charge in [-0.05, 0) is 67.7 Å². The minimum Gasteiger partial charge on any atom is -0.459 e. The summed E-state index contributed by atoms with van der Waals surface area (Å²) in [7, 11) is 0. The summed E-state index contributed by atoms with van der Waals surface area (Å²) >= 11 is 0. The zero-order valence-corrected chi connectivity index (χ0v) is 25.4. The van der Waals surface area contributed by atoms with Crippen LogP contribution in [0.25, 0.3) is 0 Å². The van der Waals surface area contributed by atoms with E-state index in [1.165, 1.54) is 0 Å². The van der Waals surface area contributed by atoms with Gasteiger partial charge in [-0.2, -0.15) is 52.7 Å². The maximum Gasteiger partial charge on any atom is 0.510 e. The van der Waals surface area contributed by atoms with Crippen LogP contribution in [0.3, 0.4) is 0 Å². The van der Waals surface area contributed by atoms with Gasteiger partial charge in [-0.1, -0.05) is 6.58 Å². The molecule has 0 bridgehead atoms. The summed E-state index contributed by atoms with van der Waals surface area (Å²) in [6.45, 7) is 9.97. The maximum atomic E-state index is 14.5. The van der Waals surface area contributed by atoms with Gasteiger partial charge in [0.05, 0.1) is 0 Å². The lowest BCUT2D eigenvalue weighted by Crippen LogP contribution is -2.69. The Hall–Kier alpha value is -3.09. The predicted octanol–water partition coefficient (Wildman–Crippen LogP) is 8.52. The fourth-order valence-electron chi connectivity index (χ4n) is 4.73. The lowest BCUT2D eigenvalue weighted by atomic mass is 9.65. The third-order valence-corrected chi connectivity index (χ3v) is 6.39. The van der Waals surface area contributed by atoms with Crippen LogP contribution in [0.4, 0.5) is 62.3 Å². The minimum absolute atomic E-state index is 0.593. The van der Waals surface area contributed by atoms with Crippen LogP contribution in [-0.4, -0.2) is 71.5 Å². The molecule has 0 spiro atoms. The summed E-state index contributed by atoms with van der Waals surface area (Å²) in [4.78, 5) is 36.7. The molecule has 46 heavy (non-hydrogen) atoms. The first-order chi connectivity index (χ1) is 20.1. The van der Waals surface area contributed by atoms with Crippen LogP contribution in [0.2, 0.25) is 0 Å². The summed E-state index contributed by atoms with van der Waals surface area (Å²) in [5, 5.41) is 0. The molecule has 1 aliphatic carbocycles. The van der Waals surface area contributed by atoms with Crippen molar-refractivity contribution < 1.29 is 90.8 Å². The van der Waals surface area contributed by atoms with Crippen molar-refractivity contribution in [1.82, 2.24) is 0 Å². The summed E-state index contributed by atoms with van der Waals surface area (Å²) < 4.78 is 195. The van der Waals surface area contributed by atoms with Gasteiger partial charge in [-0.15, -0.1) is 0 Å². The zero-order valence-electron chi connectivity index (χ0n) is 25.4. The number of halogens is 12. The van der Waals surface area contributed by atoms with Crippen molar-refractivity contribution in [1.29, 1.82) is 0 Å². The fourth-order valence-corrected chi connectivity index (χ4v) is 4.73. The highest BCUT2D eigenvalue weighted by atomic mass is 19.4. The number of carbonyl (C=O) groups excluding carboxylic acids is 3. The van der Waals surface area contributed by atoms with Crippen LogP contribution in [0, 0.1) is 11.8 Å². The smallest absolute Gasteiger partial charge is 0.459 e. The van der Waals surface area contributed by atoms with Crippen molar-refractivity contribution in [2.75, 3.05) is 0 Å². The highest BCUT2D eigenvalue weighted by molar-refractivity contribution is 5.87. The Kier molecular flexibility index (Phi) is 11.4. The second kappa shape index (κ2) is 12.8. The molecule has 0 aromatic heterocycles. The molecule has 1 fully saturated rings. The van der Waals surface area contributed by atoms with E-state index >= 15 is 0 Å². The number of alkyl halides is 12. The molecule has 0 N–H and O–H groups in total. The molecule has 2 atom stereocenters. The molecule has 268 valence electrons. The van der Waals surface area contributed by atoms with Crippen LogP contribution < -0.4 is 0 Å². The highest BCUT2D eigenvalue weighted by Gasteiger charge is 2.82. The van der Waals surface area contributed by atoms with Crippen molar-refractivity contribution in [3.05, 3.63) is 12.2 Å². The van der Waals surface area contributed by atoms with Gasteiger partial charge in [0.2, 0.25) is 0 Å². The summed E-state index contributed by atoms with van der Waals surface area (Å²) in [5.74, 6) is -8.76. The molecule has 0 aliphatic heterocycles. The second-order valence-corrected chi connectivity index (χ2v) is 12.5. The number of carbonyl (C=O) groups is 3. The molecule has 0 heterocycles. The van der Waals surface area contributed by atoms with Crippen LogP contribution in [0.1, 0.15) is 67.7 Å². The molecular formula is C26H32F12O8. The van der Waals surface area contributed by atoms with Crippen molar-refractivity contribution in [2.24, 2.45) is 11.8 Å². The first-order valence-electron chi connectivity index (χ1n) is 13.1. The molecule has 2 unspecified atom stereocenters. The molecular weight excluding hydrogens is 668 g/mol. The van der Waals surface area contributed by atoms with Gasteiger partial charge in [-0.25, -0.2) is 14.4 Å². The Morgan fingerprint density at radius 3 is 1.04 bits per heavy atom. The number of esters is 1. The van der Waals surface area contributed by atoms with E-state index in [0.29, 0.717) is 0 Å². The quantitative estimate of drug-likeness (QED) is 0.118. The highest BCUT2D eigenvalue weighted by Crippen LogP contribution is 2.60. The van der Waals surface area contributed by atoms with Gasteiger partial charge in [0, 0.05) is 17.4 Å². The van der Waals surface area contributed by atoms with Crippen molar-refractivity contribution in [3.8, 4) is 0 Å². The van der Waals surface area contributed by atoms with E-state index in [4.69, 9.17) is 0 Å². The van der Waals surface area contributed by atoms with Crippen molar-refractivity contribution in [2.45, 2.75) is 121 Å². The predicted molar refractivity (Wildman–Crippen MR) is 130 cm³/mol. The average Bonchev–Trinajstić information content (AvgIpc) is 2.74. The van der Waals surface area contributed by atoms with E-state index in [1.54, 1.807) is 0 Å². The van der Waals surface area contributed by atoms with E-state index in [-0.39, 0.29) is 0 Å². The van der Waals surface area contributed by atoms with Crippen molar-refractivity contribution >= 4 is 18.3 Å². The average molecular weight is 701 g/mol. The molecule has 8 nitrogen and oxygen atoms in total. The third kappa shape index (κ3) is 9.04. The lowest BCUT2D eigenvalue weighted by Gasteiger charge is -2.50. The normalized spacial score (nSPS) is 20.8. The molecule has 1 aliphatic rings. The Morgan fingerprint density at radius 2 is 0.826 bits per heavy atom. The first kappa shape index (κ1) is 40.9. The van der Waals surface area contributed by atoms with Crippen LogP contribution in [-0.2, 0) is 28.5 Å². The minimum atomic E-state index is -6.78. The second-order valence-electron chi connectivity index (χ2n) is 12.5. The number of rotatable bonds is 6. The van der Waals surface area contributed by atoms with Crippen molar-refractivity contribution in [3.63, 3.8) is 0 Å². The van der Waals surface area contributed by atoms with E-state index < -0.39 is 108 Å². The van der Waals surface area contributed by atoms with Gasteiger partial charge in [0.15, 0.2) is 0 Å². The van der Waals surface area contributed by atoms with Crippen LogP contribution >= 0.6 is 0 Å². The van der Waals surface area contributed by atoms with Gasteiger partial charge in [-0.3, -0.25) is 0 Å². The largest absolute Gasteiger partial charge is 0.510 e. The molecule has 0 aromatic carbocycles. The fraction of sp³-hybridized carbons (Fsp3) is 0.808. The SMILES string of the molecule is C=C(C)C(=O)OC1CC(C(OC(=O)OC(C)(C)C)(C(F)(F)F)C(F)(F)F)CC(C(OC(=O)OC(C)(C)C)(C(F)(F)F)C(F)(F)F)C1. The Morgan fingerprint density at radius 1 is 0.543 bits per heavy atom. The van der Waals surface area contributed by atoms with Gasteiger partial charge in [0.1, 0.15) is 17.3 Å². The summed E-state index contributed by atoms with van der Waals surface area (Å²) in [6, 6.07) is 0. The topological polar surface area (TPSA) is 97.4 Å². The standard InChI is InChI=1S/C26H32F12O8/c1-12(2)16(39)42-15-10-13(21(23(27,28)29,24(30,31)32)45-17(40)43-19(3,4)5)9-14(11-15)22(25(33,34)35,26(36,37)38)46-18(41)44-20(6,7)8/h13-15H,1,9-11H2,2-8H3. The summed E-state index contributed by atoms with van der Waals surface area (Å²) in [6.07, 6.45) is -40.8. The van der Waals surface area contributed by atoms with Gasteiger partial charge < -0.3 is 23.7 Å². The molecule has 20 heteroatoms. The van der Waals surface area contributed by atoms with E-state index in [1.807, 2.05) is 0 Å². The van der Waals surface area contributed by atoms with E-state index in [9.17, 15) is 67.1 Å². The third-order valence-electron chi connectivity index (χ3n) is 6.39.